The van der Waals surface area contributed by atoms with Crippen LogP contribution in [0, 0.1) is 5.92 Å². The first-order valence-corrected chi connectivity index (χ1v) is 13.2. The smallest absolute Gasteiger partial charge is 0.426 e. The Balaban J connectivity index is 1.65. The van der Waals surface area contributed by atoms with Gasteiger partial charge in [-0.1, -0.05) is 13.0 Å². The number of alkyl halides is 6. The Morgan fingerprint density at radius 3 is 2.20 bits per heavy atom. The van der Waals surface area contributed by atoms with Crippen LogP contribution in [0.4, 0.5) is 31.1 Å². The standard InChI is InChI=1S/C26H38F6N4O4/c1-17-6-7-18-14-34(16-23(2,3)39)12-13-36(18)15-19(17)20(37)33(5)24(4)8-10-35(11-9-24)22(38)40-21(25(27,28)29)26(30,31)32/h7,15,17,21,39H,6,8-14,16H2,1-5H3. The van der Waals surface area contributed by atoms with Crippen LogP contribution >= 0.6 is 0 Å². The van der Waals surface area contributed by atoms with Crippen molar-refractivity contribution in [2.45, 2.75) is 76.6 Å². The van der Waals surface area contributed by atoms with Gasteiger partial charge in [0.25, 0.3) is 12.0 Å². The SMILES string of the molecule is CC1CC=C2CN(CC(C)(C)O)CCN2C=C1C(=O)N(C)C1(C)CCN(C(=O)OC(C(F)(F)F)C(F)(F)F)CC1. The topological polar surface area (TPSA) is 76.6 Å². The van der Waals surface area contributed by atoms with Gasteiger partial charge in [-0.05, 0) is 46.0 Å². The van der Waals surface area contributed by atoms with Crippen LogP contribution in [0.5, 0.6) is 0 Å². The molecule has 40 heavy (non-hydrogen) atoms. The number of amides is 2. The second-order valence-electron chi connectivity index (χ2n) is 11.8. The number of hydrogen-bond acceptors (Lipinski definition) is 6. The summed E-state index contributed by atoms with van der Waals surface area (Å²) in [6, 6.07) is 0. The number of carbonyl (C=O) groups is 2. The molecule has 2 saturated heterocycles. The van der Waals surface area contributed by atoms with Crippen molar-refractivity contribution in [2.75, 3.05) is 46.3 Å². The van der Waals surface area contributed by atoms with Gasteiger partial charge in [0.2, 0.25) is 0 Å². The van der Waals surface area contributed by atoms with Crippen LogP contribution in [0.2, 0.25) is 0 Å². The molecule has 3 aliphatic rings. The summed E-state index contributed by atoms with van der Waals surface area (Å²) in [6.45, 7) is 9.40. The molecule has 1 unspecified atom stereocenters. The molecule has 2 amide bonds. The summed E-state index contributed by atoms with van der Waals surface area (Å²) in [5.41, 5.74) is 0.0175. The van der Waals surface area contributed by atoms with Gasteiger partial charge in [-0.15, -0.1) is 0 Å². The summed E-state index contributed by atoms with van der Waals surface area (Å²) >= 11 is 0. The van der Waals surface area contributed by atoms with E-state index in [2.05, 4.69) is 15.7 Å². The molecule has 0 radical (unpaired) electrons. The number of hydrogen-bond donors (Lipinski definition) is 1. The zero-order chi connectivity index (χ0) is 30.3. The number of piperazine rings is 1. The lowest BCUT2D eigenvalue weighted by Gasteiger charge is -2.45. The minimum Gasteiger partial charge on any atom is -0.426 e. The summed E-state index contributed by atoms with van der Waals surface area (Å²) in [7, 11) is 1.62. The molecule has 3 heterocycles. The molecule has 3 aliphatic heterocycles. The minimum atomic E-state index is -5.79. The third-order valence-electron chi connectivity index (χ3n) is 7.83. The average Bonchev–Trinajstić information content (AvgIpc) is 2.98. The number of likely N-dealkylation sites (N-methyl/N-ethyl adjacent to an activating group) is 1. The fraction of sp³-hybridized carbons (Fsp3) is 0.769. The Morgan fingerprint density at radius 2 is 1.68 bits per heavy atom. The maximum atomic E-state index is 13.7. The Kier molecular flexibility index (Phi) is 9.15. The van der Waals surface area contributed by atoms with Crippen molar-refractivity contribution in [1.29, 1.82) is 0 Å². The zero-order valence-electron chi connectivity index (χ0n) is 23.4. The van der Waals surface area contributed by atoms with E-state index in [4.69, 9.17) is 0 Å². The highest BCUT2D eigenvalue weighted by molar-refractivity contribution is 5.94. The van der Waals surface area contributed by atoms with E-state index in [1.165, 1.54) is 0 Å². The first-order valence-electron chi connectivity index (χ1n) is 13.2. The summed E-state index contributed by atoms with van der Waals surface area (Å²) in [5, 5.41) is 10.2. The molecule has 0 aromatic heterocycles. The first-order chi connectivity index (χ1) is 18.2. The third kappa shape index (κ3) is 7.62. The van der Waals surface area contributed by atoms with Crippen molar-refractivity contribution < 1.29 is 45.8 Å². The molecule has 0 aliphatic carbocycles. The Bertz CT molecular complexity index is 998. The van der Waals surface area contributed by atoms with Crippen molar-refractivity contribution in [1.82, 2.24) is 19.6 Å². The van der Waals surface area contributed by atoms with E-state index in [0.29, 0.717) is 38.2 Å². The Labute approximate surface area is 230 Å². The van der Waals surface area contributed by atoms with Gasteiger partial charge in [-0.2, -0.15) is 26.3 Å². The number of allylic oxidation sites excluding steroid dienone is 1. The van der Waals surface area contributed by atoms with Crippen LogP contribution < -0.4 is 0 Å². The predicted octanol–water partition coefficient (Wildman–Crippen LogP) is 4.13. The van der Waals surface area contributed by atoms with Crippen LogP contribution in [-0.2, 0) is 9.53 Å². The molecule has 3 rings (SSSR count). The lowest BCUT2D eigenvalue weighted by Crippen LogP contribution is -2.56. The molecule has 228 valence electrons. The highest BCUT2D eigenvalue weighted by Crippen LogP contribution is 2.37. The van der Waals surface area contributed by atoms with E-state index in [1.54, 1.807) is 32.7 Å². The van der Waals surface area contributed by atoms with Crippen molar-refractivity contribution in [3.05, 3.63) is 23.5 Å². The fourth-order valence-electron chi connectivity index (χ4n) is 5.24. The van der Waals surface area contributed by atoms with Gasteiger partial charge < -0.3 is 24.5 Å². The Morgan fingerprint density at radius 1 is 1.10 bits per heavy atom. The third-order valence-corrected chi connectivity index (χ3v) is 7.83. The number of likely N-dealkylation sites (tertiary alicyclic amines) is 1. The number of ether oxygens (including phenoxy) is 1. The van der Waals surface area contributed by atoms with E-state index < -0.39 is 35.7 Å². The summed E-state index contributed by atoms with van der Waals surface area (Å²) in [5.74, 6) is -0.329. The molecular weight excluding hydrogens is 546 g/mol. The summed E-state index contributed by atoms with van der Waals surface area (Å²) in [4.78, 5) is 32.4. The first kappa shape index (κ1) is 32.0. The molecule has 8 nitrogen and oxygen atoms in total. The maximum absolute atomic E-state index is 13.7. The van der Waals surface area contributed by atoms with E-state index in [1.807, 2.05) is 18.0 Å². The monoisotopic (exact) mass is 584 g/mol. The van der Waals surface area contributed by atoms with Gasteiger partial charge in [-0.3, -0.25) is 9.69 Å². The summed E-state index contributed by atoms with van der Waals surface area (Å²) < 4.78 is 80.6. The van der Waals surface area contributed by atoms with Crippen molar-refractivity contribution in [2.24, 2.45) is 5.92 Å². The van der Waals surface area contributed by atoms with E-state index in [0.717, 1.165) is 10.6 Å². The highest BCUT2D eigenvalue weighted by Gasteiger charge is 2.60. The zero-order valence-corrected chi connectivity index (χ0v) is 23.4. The van der Waals surface area contributed by atoms with Crippen molar-refractivity contribution >= 4 is 12.0 Å². The molecule has 1 N–H and O–H groups in total. The molecule has 1 atom stereocenters. The van der Waals surface area contributed by atoms with Crippen LogP contribution in [-0.4, -0.2) is 113 Å². The lowest BCUT2D eigenvalue weighted by molar-refractivity contribution is -0.308. The molecule has 0 aromatic carbocycles. The fourth-order valence-corrected chi connectivity index (χ4v) is 5.24. The quantitative estimate of drug-likeness (QED) is 0.490. The number of fused-ring (bicyclic) bond motifs is 1. The van der Waals surface area contributed by atoms with E-state index >= 15 is 0 Å². The molecular formula is C26H38F6N4O4. The summed E-state index contributed by atoms with van der Waals surface area (Å²) in [6.07, 6.45) is -12.6. The van der Waals surface area contributed by atoms with Crippen molar-refractivity contribution in [3.8, 4) is 0 Å². The highest BCUT2D eigenvalue weighted by atomic mass is 19.4. The second-order valence-corrected chi connectivity index (χ2v) is 11.8. The predicted molar refractivity (Wildman–Crippen MR) is 134 cm³/mol. The van der Waals surface area contributed by atoms with Gasteiger partial charge >= 0.3 is 18.4 Å². The molecule has 2 fully saturated rings. The van der Waals surface area contributed by atoms with Gasteiger partial charge in [0.1, 0.15) is 0 Å². The van der Waals surface area contributed by atoms with Gasteiger partial charge in [0, 0.05) is 69.3 Å². The second kappa shape index (κ2) is 11.4. The van der Waals surface area contributed by atoms with Gasteiger partial charge in [0.15, 0.2) is 0 Å². The van der Waals surface area contributed by atoms with E-state index in [9.17, 15) is 41.0 Å². The maximum Gasteiger partial charge on any atom is 0.434 e. The Hall–Kier alpha value is -2.48. The minimum absolute atomic E-state index is 0.101. The van der Waals surface area contributed by atoms with Crippen LogP contribution in [0.1, 0.15) is 47.0 Å². The van der Waals surface area contributed by atoms with Gasteiger partial charge in [0.05, 0.1) is 5.60 Å². The number of rotatable bonds is 5. The molecule has 0 bridgehead atoms. The largest absolute Gasteiger partial charge is 0.434 e. The number of carbonyl (C=O) groups excluding carboxylic acids is 2. The molecule has 0 aromatic rings. The number of piperidine rings is 1. The lowest BCUT2D eigenvalue weighted by atomic mass is 9.86. The number of aliphatic hydroxyl groups is 1. The van der Waals surface area contributed by atoms with Crippen LogP contribution in [0.25, 0.3) is 0 Å². The van der Waals surface area contributed by atoms with Crippen molar-refractivity contribution in [3.63, 3.8) is 0 Å². The number of halogens is 6. The number of β-amino-alcohol motifs (C(OH)–C–C–N with tert-alkyl or cyclic N) is 1. The molecule has 0 spiro atoms. The molecule has 14 heteroatoms. The average molecular weight is 585 g/mol. The molecule has 0 saturated carbocycles. The van der Waals surface area contributed by atoms with Crippen LogP contribution in [0.15, 0.2) is 23.5 Å². The van der Waals surface area contributed by atoms with E-state index in [-0.39, 0.29) is 37.8 Å². The number of nitrogens with zero attached hydrogens (tertiary/aromatic N) is 4. The van der Waals surface area contributed by atoms with Gasteiger partial charge in [-0.25, -0.2) is 4.79 Å². The van der Waals surface area contributed by atoms with Crippen LogP contribution in [0.3, 0.4) is 0 Å². The normalized spacial score (nSPS) is 22.8.